The third-order valence-corrected chi connectivity index (χ3v) is 2.61. The third-order valence-electron chi connectivity index (χ3n) is 2.61. The van der Waals surface area contributed by atoms with Gasteiger partial charge >= 0.3 is 0 Å². The predicted molar refractivity (Wildman–Crippen MR) is 66.3 cm³/mol. The molecule has 2 aromatic carbocycles. The van der Waals surface area contributed by atoms with Crippen molar-refractivity contribution in [2.24, 2.45) is 0 Å². The van der Waals surface area contributed by atoms with E-state index >= 15 is 0 Å². The molecule has 2 rings (SSSR count). The van der Waals surface area contributed by atoms with Crippen molar-refractivity contribution in [2.75, 3.05) is 5.73 Å². The fourth-order valence-corrected chi connectivity index (χ4v) is 1.65. The van der Waals surface area contributed by atoms with Gasteiger partial charge in [-0.2, -0.15) is 0 Å². The fraction of sp³-hybridized carbons (Fsp3) is 0.143. The van der Waals surface area contributed by atoms with E-state index in [4.69, 9.17) is 10.5 Å². The Morgan fingerprint density at radius 2 is 1.94 bits per heavy atom. The minimum Gasteiger partial charge on any atom is -0.489 e. The number of anilines is 1. The average Bonchev–Trinajstić information content (AvgIpc) is 2.33. The van der Waals surface area contributed by atoms with E-state index in [0.717, 1.165) is 11.6 Å². The van der Waals surface area contributed by atoms with Gasteiger partial charge in [-0.25, -0.2) is 8.78 Å². The number of aryl methyl sites for hydroxylation is 1. The molecule has 0 radical (unpaired) electrons. The van der Waals surface area contributed by atoms with Crippen LogP contribution in [-0.4, -0.2) is 0 Å². The van der Waals surface area contributed by atoms with Gasteiger partial charge in [0.2, 0.25) is 0 Å². The molecular formula is C14H13F2NO. The van der Waals surface area contributed by atoms with E-state index in [1.165, 1.54) is 12.1 Å². The van der Waals surface area contributed by atoms with Gasteiger partial charge in [0.15, 0.2) is 11.6 Å². The van der Waals surface area contributed by atoms with Crippen molar-refractivity contribution in [3.8, 4) is 5.75 Å². The van der Waals surface area contributed by atoms with Gasteiger partial charge in [0.25, 0.3) is 0 Å². The van der Waals surface area contributed by atoms with Crippen LogP contribution in [0.1, 0.15) is 11.1 Å². The summed E-state index contributed by atoms with van der Waals surface area (Å²) in [7, 11) is 0. The van der Waals surface area contributed by atoms with Gasteiger partial charge in [-0.1, -0.05) is 12.1 Å². The summed E-state index contributed by atoms with van der Waals surface area (Å²) in [5.41, 5.74) is 7.29. The molecule has 0 aliphatic heterocycles. The zero-order valence-corrected chi connectivity index (χ0v) is 9.91. The zero-order chi connectivity index (χ0) is 13.1. The summed E-state index contributed by atoms with van der Waals surface area (Å²) in [6.45, 7) is 1.82. The van der Waals surface area contributed by atoms with Crippen LogP contribution in [0.5, 0.6) is 5.75 Å². The molecule has 0 fully saturated rings. The highest BCUT2D eigenvalue weighted by Gasteiger charge is 2.08. The SMILES string of the molecule is Cc1cc(N)ccc1OCc1cccc(F)c1F. The maximum Gasteiger partial charge on any atom is 0.165 e. The summed E-state index contributed by atoms with van der Waals surface area (Å²) >= 11 is 0. The number of ether oxygens (including phenoxy) is 1. The Kier molecular flexibility index (Phi) is 3.46. The first-order chi connectivity index (χ1) is 8.58. The first kappa shape index (κ1) is 12.4. The molecule has 0 heterocycles. The predicted octanol–water partition coefficient (Wildman–Crippen LogP) is 3.43. The van der Waals surface area contributed by atoms with Crippen molar-refractivity contribution in [1.29, 1.82) is 0 Å². The minimum absolute atomic E-state index is 0.0195. The highest BCUT2D eigenvalue weighted by molar-refractivity contribution is 5.47. The van der Waals surface area contributed by atoms with Crippen LogP contribution in [0.4, 0.5) is 14.5 Å². The normalized spacial score (nSPS) is 10.4. The van der Waals surface area contributed by atoms with Crippen LogP contribution >= 0.6 is 0 Å². The Bertz CT molecular complexity index is 570. The van der Waals surface area contributed by atoms with E-state index < -0.39 is 11.6 Å². The molecule has 0 aromatic heterocycles. The maximum atomic E-state index is 13.4. The summed E-state index contributed by atoms with van der Waals surface area (Å²) in [5.74, 6) is -1.14. The molecule has 0 atom stereocenters. The first-order valence-electron chi connectivity index (χ1n) is 5.50. The molecule has 2 nitrogen and oxygen atoms in total. The second kappa shape index (κ2) is 5.04. The van der Waals surface area contributed by atoms with E-state index in [1.54, 1.807) is 18.2 Å². The zero-order valence-electron chi connectivity index (χ0n) is 9.91. The van der Waals surface area contributed by atoms with Gasteiger partial charge in [0, 0.05) is 11.3 Å². The highest BCUT2D eigenvalue weighted by atomic mass is 19.2. The van der Waals surface area contributed by atoms with E-state index in [1.807, 2.05) is 6.92 Å². The number of nitrogen functional groups attached to an aromatic ring is 1. The number of benzene rings is 2. The Morgan fingerprint density at radius 1 is 1.17 bits per heavy atom. The van der Waals surface area contributed by atoms with Crippen LogP contribution < -0.4 is 10.5 Å². The minimum atomic E-state index is -0.870. The molecule has 2 aromatic rings. The molecule has 4 heteroatoms. The Labute approximate surface area is 104 Å². The second-order valence-electron chi connectivity index (χ2n) is 4.03. The summed E-state index contributed by atoms with van der Waals surface area (Å²) in [6, 6.07) is 9.19. The molecule has 2 N–H and O–H groups in total. The number of nitrogens with two attached hydrogens (primary N) is 1. The molecule has 0 aliphatic rings. The Morgan fingerprint density at radius 3 is 2.67 bits per heavy atom. The second-order valence-corrected chi connectivity index (χ2v) is 4.03. The molecular weight excluding hydrogens is 236 g/mol. The van der Waals surface area contributed by atoms with Crippen molar-refractivity contribution in [3.63, 3.8) is 0 Å². The topological polar surface area (TPSA) is 35.2 Å². The van der Waals surface area contributed by atoms with Crippen molar-refractivity contribution in [2.45, 2.75) is 13.5 Å². The first-order valence-corrected chi connectivity index (χ1v) is 5.50. The maximum absolute atomic E-state index is 13.4. The van der Waals surface area contributed by atoms with E-state index in [9.17, 15) is 8.78 Å². The molecule has 0 aliphatic carbocycles. The quantitative estimate of drug-likeness (QED) is 0.846. The fourth-order valence-electron chi connectivity index (χ4n) is 1.65. The number of halogens is 2. The van der Waals surface area contributed by atoms with Gasteiger partial charge in [0.1, 0.15) is 12.4 Å². The number of rotatable bonds is 3. The lowest BCUT2D eigenvalue weighted by molar-refractivity contribution is 0.295. The van der Waals surface area contributed by atoms with Crippen LogP contribution in [0, 0.1) is 18.6 Å². The van der Waals surface area contributed by atoms with Gasteiger partial charge < -0.3 is 10.5 Å². The van der Waals surface area contributed by atoms with E-state index in [2.05, 4.69) is 0 Å². The standard InChI is InChI=1S/C14H13F2NO/c1-9-7-11(17)5-6-13(9)18-8-10-3-2-4-12(15)14(10)16/h2-7H,8,17H2,1H3. The summed E-state index contributed by atoms with van der Waals surface area (Å²) in [5, 5.41) is 0. The Hall–Kier alpha value is -2.10. The molecule has 0 amide bonds. The lowest BCUT2D eigenvalue weighted by Crippen LogP contribution is -2.01. The van der Waals surface area contributed by atoms with Crippen LogP contribution in [0.3, 0.4) is 0 Å². The van der Waals surface area contributed by atoms with Gasteiger partial charge in [0.05, 0.1) is 0 Å². The lowest BCUT2D eigenvalue weighted by atomic mass is 10.2. The largest absolute Gasteiger partial charge is 0.489 e. The number of hydrogen-bond donors (Lipinski definition) is 1. The summed E-state index contributed by atoms with van der Waals surface area (Å²) < 4.78 is 31.8. The molecule has 0 saturated heterocycles. The molecule has 0 unspecified atom stereocenters. The summed E-state index contributed by atoms with van der Waals surface area (Å²) in [4.78, 5) is 0. The number of hydrogen-bond acceptors (Lipinski definition) is 2. The lowest BCUT2D eigenvalue weighted by Gasteiger charge is -2.10. The molecule has 18 heavy (non-hydrogen) atoms. The third kappa shape index (κ3) is 2.59. The van der Waals surface area contributed by atoms with Crippen molar-refractivity contribution >= 4 is 5.69 Å². The van der Waals surface area contributed by atoms with Crippen LogP contribution in [0.2, 0.25) is 0 Å². The van der Waals surface area contributed by atoms with Crippen molar-refractivity contribution < 1.29 is 13.5 Å². The average molecular weight is 249 g/mol. The smallest absolute Gasteiger partial charge is 0.165 e. The van der Waals surface area contributed by atoms with Crippen LogP contribution in [0.15, 0.2) is 36.4 Å². The van der Waals surface area contributed by atoms with E-state index in [-0.39, 0.29) is 12.2 Å². The summed E-state index contributed by atoms with van der Waals surface area (Å²) in [6.07, 6.45) is 0. The van der Waals surface area contributed by atoms with Gasteiger partial charge in [-0.05, 0) is 36.8 Å². The molecule has 94 valence electrons. The van der Waals surface area contributed by atoms with Crippen molar-refractivity contribution in [1.82, 2.24) is 0 Å². The highest BCUT2D eigenvalue weighted by Crippen LogP contribution is 2.22. The molecule has 0 spiro atoms. The molecule has 0 saturated carbocycles. The van der Waals surface area contributed by atoms with Crippen LogP contribution in [0.25, 0.3) is 0 Å². The Balaban J connectivity index is 2.14. The van der Waals surface area contributed by atoms with Crippen LogP contribution in [-0.2, 0) is 6.61 Å². The molecule has 0 bridgehead atoms. The van der Waals surface area contributed by atoms with Gasteiger partial charge in [-0.15, -0.1) is 0 Å². The van der Waals surface area contributed by atoms with Crippen molar-refractivity contribution in [3.05, 3.63) is 59.2 Å². The van der Waals surface area contributed by atoms with E-state index in [0.29, 0.717) is 11.4 Å². The monoisotopic (exact) mass is 249 g/mol. The van der Waals surface area contributed by atoms with Gasteiger partial charge in [-0.3, -0.25) is 0 Å².